The van der Waals surface area contributed by atoms with Crippen molar-refractivity contribution in [3.8, 4) is 11.5 Å². The molecule has 5 nitrogen and oxygen atoms in total. The van der Waals surface area contributed by atoms with Crippen molar-refractivity contribution >= 4 is 23.2 Å². The number of halogens is 1. The van der Waals surface area contributed by atoms with Crippen molar-refractivity contribution in [2.45, 2.75) is 70.5 Å². The highest BCUT2D eigenvalue weighted by Crippen LogP contribution is 2.48. The molecular formula is C25H29ClO5. The lowest BCUT2D eigenvalue weighted by atomic mass is 9.69. The zero-order valence-corrected chi connectivity index (χ0v) is 19.3. The number of ether oxygens (including phenoxy) is 1. The number of ketones is 2. The molecule has 0 saturated heterocycles. The van der Waals surface area contributed by atoms with Gasteiger partial charge in [0.1, 0.15) is 11.5 Å². The average molecular weight is 445 g/mol. The first kappa shape index (κ1) is 23.3. The fourth-order valence-corrected chi connectivity index (χ4v) is 4.27. The summed E-state index contributed by atoms with van der Waals surface area (Å²) in [6.45, 7) is 9.63. The Balaban J connectivity index is 2.11. The Morgan fingerprint density at radius 3 is 2.48 bits per heavy atom. The predicted octanol–water partition coefficient (Wildman–Crippen LogP) is 5.64. The molecule has 6 heteroatoms. The van der Waals surface area contributed by atoms with Crippen LogP contribution in [0.5, 0.6) is 11.5 Å². The third-order valence-electron chi connectivity index (χ3n) is 5.86. The standard InChI is InChI=1S/C25H29ClO5/c1-14(2)7-6-8-15(3)9-10-25-18(13-20(26)24(4,5)31-25)22(29)21-17(23(25)30)11-16(27)12-19(21)28/h7,9,11-13,20,27-28H,6,8,10H2,1-5H3. The monoisotopic (exact) mass is 444 g/mol. The van der Waals surface area contributed by atoms with Crippen LogP contribution >= 0.6 is 11.6 Å². The molecule has 0 saturated carbocycles. The fraction of sp³-hybridized carbons (Fsp3) is 0.440. The summed E-state index contributed by atoms with van der Waals surface area (Å²) in [5, 5.41) is 19.6. The van der Waals surface area contributed by atoms with Crippen LogP contribution < -0.4 is 0 Å². The molecule has 2 aliphatic rings. The highest BCUT2D eigenvalue weighted by atomic mass is 35.5. The number of hydrogen-bond acceptors (Lipinski definition) is 5. The lowest BCUT2D eigenvalue weighted by molar-refractivity contribution is -0.103. The van der Waals surface area contributed by atoms with Gasteiger partial charge in [-0.2, -0.15) is 0 Å². The van der Waals surface area contributed by atoms with E-state index in [1.807, 2.05) is 26.8 Å². The first-order valence-electron chi connectivity index (χ1n) is 10.4. The van der Waals surface area contributed by atoms with Crippen LogP contribution in [0.15, 0.2) is 47.1 Å². The molecule has 0 aromatic heterocycles. The highest BCUT2D eigenvalue weighted by molar-refractivity contribution is 6.30. The van der Waals surface area contributed by atoms with Crippen LogP contribution in [0.25, 0.3) is 0 Å². The van der Waals surface area contributed by atoms with Crippen LogP contribution in [0.1, 0.15) is 74.6 Å². The van der Waals surface area contributed by atoms with Crippen LogP contribution in [-0.4, -0.2) is 38.4 Å². The maximum Gasteiger partial charge on any atom is 0.200 e. The van der Waals surface area contributed by atoms with Gasteiger partial charge in [0.25, 0.3) is 0 Å². The van der Waals surface area contributed by atoms with E-state index in [9.17, 15) is 19.8 Å². The smallest absolute Gasteiger partial charge is 0.200 e. The van der Waals surface area contributed by atoms with Crippen molar-refractivity contribution in [2.75, 3.05) is 0 Å². The molecule has 1 aromatic carbocycles. The maximum absolute atomic E-state index is 13.7. The van der Waals surface area contributed by atoms with E-state index >= 15 is 0 Å². The first-order valence-corrected chi connectivity index (χ1v) is 10.8. The van der Waals surface area contributed by atoms with E-state index in [0.717, 1.165) is 24.5 Å². The Kier molecular flexibility index (Phi) is 6.23. The quantitative estimate of drug-likeness (QED) is 0.453. The van der Waals surface area contributed by atoms with Crippen LogP contribution in [-0.2, 0) is 4.74 Å². The highest BCUT2D eigenvalue weighted by Gasteiger charge is 2.57. The third kappa shape index (κ3) is 4.21. The van der Waals surface area contributed by atoms with Crippen molar-refractivity contribution < 1.29 is 24.5 Å². The van der Waals surface area contributed by atoms with Gasteiger partial charge in [0, 0.05) is 23.6 Å². The summed E-state index contributed by atoms with van der Waals surface area (Å²) in [5.41, 5.74) is -0.173. The second kappa shape index (κ2) is 8.29. The van der Waals surface area contributed by atoms with E-state index in [4.69, 9.17) is 16.3 Å². The molecule has 1 aliphatic heterocycles. The molecule has 31 heavy (non-hydrogen) atoms. The average Bonchev–Trinajstić information content (AvgIpc) is 2.65. The normalized spacial score (nSPS) is 24.9. The zero-order valence-electron chi connectivity index (χ0n) is 18.6. The number of benzene rings is 1. The van der Waals surface area contributed by atoms with E-state index in [1.54, 1.807) is 19.9 Å². The summed E-state index contributed by atoms with van der Waals surface area (Å²) in [4.78, 5) is 27.1. The van der Waals surface area contributed by atoms with E-state index in [2.05, 4.69) is 6.08 Å². The van der Waals surface area contributed by atoms with Gasteiger partial charge in [0.05, 0.1) is 16.5 Å². The zero-order chi connectivity index (χ0) is 23.1. The van der Waals surface area contributed by atoms with Crippen molar-refractivity contribution in [3.05, 3.63) is 58.2 Å². The number of carbonyl (C=O) groups is 2. The van der Waals surface area contributed by atoms with Crippen LogP contribution in [0.4, 0.5) is 0 Å². The molecule has 0 fully saturated rings. The molecule has 2 N–H and O–H groups in total. The summed E-state index contributed by atoms with van der Waals surface area (Å²) in [6, 6.07) is 2.26. The number of Topliss-reactive ketones (excluding diaryl/α,β-unsaturated/α-hetero) is 2. The molecule has 0 spiro atoms. The molecule has 3 rings (SSSR count). The van der Waals surface area contributed by atoms with Gasteiger partial charge >= 0.3 is 0 Å². The summed E-state index contributed by atoms with van der Waals surface area (Å²) in [6.07, 6.45) is 7.52. The predicted molar refractivity (Wildman–Crippen MR) is 121 cm³/mol. The van der Waals surface area contributed by atoms with E-state index < -0.39 is 33.9 Å². The third-order valence-corrected chi connectivity index (χ3v) is 6.52. The number of alkyl halides is 1. The Labute approximate surface area is 188 Å². The van der Waals surface area contributed by atoms with Crippen molar-refractivity contribution in [3.63, 3.8) is 0 Å². The lowest BCUT2D eigenvalue weighted by Crippen LogP contribution is -2.58. The van der Waals surface area contributed by atoms with Gasteiger partial charge in [-0.15, -0.1) is 11.6 Å². The second-order valence-corrected chi connectivity index (χ2v) is 9.61. The van der Waals surface area contributed by atoms with Gasteiger partial charge in [-0.05, 0) is 53.5 Å². The number of phenols is 2. The molecule has 0 radical (unpaired) electrons. The molecule has 1 heterocycles. The number of rotatable bonds is 5. The summed E-state index contributed by atoms with van der Waals surface area (Å²) in [5.74, 6) is -1.71. The van der Waals surface area contributed by atoms with Crippen molar-refractivity contribution in [1.82, 2.24) is 0 Å². The Morgan fingerprint density at radius 2 is 1.84 bits per heavy atom. The number of aromatic hydroxyl groups is 2. The molecule has 1 aromatic rings. The van der Waals surface area contributed by atoms with Crippen molar-refractivity contribution in [1.29, 1.82) is 0 Å². The number of allylic oxidation sites excluding steroid dienone is 3. The molecule has 166 valence electrons. The second-order valence-electron chi connectivity index (χ2n) is 9.14. The van der Waals surface area contributed by atoms with E-state index in [-0.39, 0.29) is 28.9 Å². The van der Waals surface area contributed by atoms with E-state index in [1.165, 1.54) is 11.6 Å². The molecule has 0 bridgehead atoms. The van der Waals surface area contributed by atoms with Gasteiger partial charge in [-0.3, -0.25) is 9.59 Å². The Bertz CT molecular complexity index is 1030. The maximum atomic E-state index is 13.7. The Morgan fingerprint density at radius 1 is 1.16 bits per heavy atom. The van der Waals surface area contributed by atoms with Crippen LogP contribution in [0, 0.1) is 0 Å². The van der Waals surface area contributed by atoms with Crippen molar-refractivity contribution in [2.24, 2.45) is 0 Å². The number of hydrogen-bond donors (Lipinski definition) is 2. The van der Waals surface area contributed by atoms with Gasteiger partial charge in [0.2, 0.25) is 5.78 Å². The number of carbonyl (C=O) groups excluding carboxylic acids is 2. The number of phenolic OH excluding ortho intramolecular Hbond substituents is 2. The van der Waals surface area contributed by atoms with Gasteiger partial charge < -0.3 is 14.9 Å². The minimum atomic E-state index is -1.56. The topological polar surface area (TPSA) is 83.8 Å². The minimum Gasteiger partial charge on any atom is -0.508 e. The first-order chi connectivity index (χ1) is 14.4. The number of fused-ring (bicyclic) bond motifs is 2. The minimum absolute atomic E-state index is 0.0425. The van der Waals surface area contributed by atoms with E-state index in [0.29, 0.717) is 0 Å². The van der Waals surface area contributed by atoms with Gasteiger partial charge in [-0.25, -0.2) is 0 Å². The summed E-state index contributed by atoms with van der Waals surface area (Å²) >= 11 is 6.47. The fourth-order valence-electron chi connectivity index (χ4n) is 4.10. The van der Waals surface area contributed by atoms with Crippen LogP contribution in [0.3, 0.4) is 0 Å². The van der Waals surface area contributed by atoms with Gasteiger partial charge in [-0.1, -0.05) is 29.4 Å². The molecule has 2 atom stereocenters. The molecule has 0 amide bonds. The SMILES string of the molecule is CC(C)=CCCC(C)=CCC12OC(C)(C)C(Cl)C=C1C(=O)c1c(O)cc(O)cc1C2=O. The summed E-state index contributed by atoms with van der Waals surface area (Å²) < 4.78 is 6.30. The molecule has 2 unspecified atom stereocenters. The Hall–Kier alpha value is -2.37. The largest absolute Gasteiger partial charge is 0.508 e. The lowest BCUT2D eigenvalue weighted by Gasteiger charge is -2.47. The molecule has 1 aliphatic carbocycles. The summed E-state index contributed by atoms with van der Waals surface area (Å²) in [7, 11) is 0. The molecular weight excluding hydrogens is 416 g/mol. The van der Waals surface area contributed by atoms with Gasteiger partial charge in [0.15, 0.2) is 11.4 Å². The van der Waals surface area contributed by atoms with Crippen LogP contribution in [0.2, 0.25) is 0 Å².